The Kier molecular flexibility index (Phi) is 4.28. The van der Waals surface area contributed by atoms with Crippen molar-refractivity contribution in [1.82, 2.24) is 15.2 Å². The summed E-state index contributed by atoms with van der Waals surface area (Å²) in [5.41, 5.74) is 4.47. The zero-order valence-electron chi connectivity index (χ0n) is 15.0. The first-order chi connectivity index (χ1) is 12.5. The van der Waals surface area contributed by atoms with Gasteiger partial charge in [-0.15, -0.1) is 10.2 Å². The maximum atomic E-state index is 6.10. The van der Waals surface area contributed by atoms with Crippen LogP contribution >= 0.6 is 11.8 Å². The van der Waals surface area contributed by atoms with Crippen LogP contribution in [-0.4, -0.2) is 20.9 Å². The number of fused-ring (bicyclic) bond motifs is 3. The van der Waals surface area contributed by atoms with Crippen molar-refractivity contribution < 1.29 is 4.74 Å². The van der Waals surface area contributed by atoms with E-state index in [1.165, 1.54) is 11.1 Å². The molecule has 0 spiro atoms. The van der Waals surface area contributed by atoms with Crippen LogP contribution in [0.2, 0.25) is 0 Å². The normalized spacial score (nSPS) is 14.4. The van der Waals surface area contributed by atoms with E-state index >= 15 is 0 Å². The molecule has 4 rings (SSSR count). The van der Waals surface area contributed by atoms with Crippen LogP contribution in [0.15, 0.2) is 53.7 Å². The first-order valence-corrected chi connectivity index (χ1v) is 9.48. The number of aryl methyl sites for hydroxylation is 1. The summed E-state index contributed by atoms with van der Waals surface area (Å²) < 4.78 is 6.10. The average Bonchev–Trinajstić information content (AvgIpc) is 2.72. The van der Waals surface area contributed by atoms with Gasteiger partial charge in [-0.05, 0) is 32.4 Å². The lowest BCUT2D eigenvalue weighted by atomic mass is 10.1. The number of hydrogen-bond donors (Lipinski definition) is 1. The molecule has 3 aromatic rings. The molecule has 6 heteroatoms. The highest BCUT2D eigenvalue weighted by atomic mass is 32.2. The fraction of sp³-hybridized carbons (Fsp3) is 0.250. The predicted octanol–water partition coefficient (Wildman–Crippen LogP) is 4.68. The smallest absolute Gasteiger partial charge is 0.247 e. The second-order valence-corrected chi connectivity index (χ2v) is 7.75. The molecule has 0 saturated heterocycles. The summed E-state index contributed by atoms with van der Waals surface area (Å²) in [4.78, 5) is 4.63. The number of aromatic nitrogens is 3. The van der Waals surface area contributed by atoms with Crippen LogP contribution in [0.5, 0.6) is 5.88 Å². The molecule has 1 aromatic heterocycles. The van der Waals surface area contributed by atoms with E-state index in [1.54, 1.807) is 11.8 Å². The van der Waals surface area contributed by atoms with Crippen molar-refractivity contribution in [2.24, 2.45) is 0 Å². The third kappa shape index (κ3) is 3.51. The fourth-order valence-electron chi connectivity index (χ4n) is 2.82. The molecule has 0 unspecified atom stereocenters. The summed E-state index contributed by atoms with van der Waals surface area (Å²) in [6, 6.07) is 16.4. The van der Waals surface area contributed by atoms with Crippen LogP contribution in [0.25, 0.3) is 11.3 Å². The summed E-state index contributed by atoms with van der Waals surface area (Å²) in [6.45, 7) is 6.03. The number of thioether (sulfide) groups is 1. The van der Waals surface area contributed by atoms with Gasteiger partial charge in [-0.2, -0.15) is 4.98 Å². The van der Waals surface area contributed by atoms with E-state index in [1.807, 2.05) is 38.1 Å². The Bertz CT molecular complexity index is 941. The Hall–Kier alpha value is -2.60. The lowest BCUT2D eigenvalue weighted by Gasteiger charge is -2.26. The van der Waals surface area contributed by atoms with Crippen molar-refractivity contribution >= 4 is 17.4 Å². The number of ether oxygens (including phenoxy) is 1. The van der Waals surface area contributed by atoms with Crippen molar-refractivity contribution in [3.63, 3.8) is 0 Å². The standard InChI is InChI=1S/C20H20N4OS/c1-13-8-10-14(11-9-13)12-26-19-21-18-17(23-24-19)15-6-4-5-7-16(15)22-20(2,3)25-18/h4-11,22H,12H2,1-3H3. The molecule has 132 valence electrons. The fourth-order valence-corrected chi connectivity index (χ4v) is 3.56. The maximum absolute atomic E-state index is 6.10. The van der Waals surface area contributed by atoms with Crippen LogP contribution in [-0.2, 0) is 5.75 Å². The van der Waals surface area contributed by atoms with Gasteiger partial charge >= 0.3 is 0 Å². The van der Waals surface area contributed by atoms with Crippen molar-refractivity contribution in [1.29, 1.82) is 0 Å². The topological polar surface area (TPSA) is 59.9 Å². The van der Waals surface area contributed by atoms with E-state index in [-0.39, 0.29) is 0 Å². The molecule has 1 aliphatic heterocycles. The Morgan fingerprint density at radius 1 is 1.04 bits per heavy atom. The summed E-state index contributed by atoms with van der Waals surface area (Å²) in [7, 11) is 0. The summed E-state index contributed by atoms with van der Waals surface area (Å²) in [5.74, 6) is 1.30. The number of benzene rings is 2. The van der Waals surface area contributed by atoms with Gasteiger partial charge in [0.15, 0.2) is 11.4 Å². The van der Waals surface area contributed by atoms with Gasteiger partial charge in [-0.3, -0.25) is 0 Å². The van der Waals surface area contributed by atoms with Gasteiger partial charge in [-0.25, -0.2) is 0 Å². The summed E-state index contributed by atoms with van der Waals surface area (Å²) in [5, 5.41) is 12.7. The van der Waals surface area contributed by atoms with Crippen LogP contribution in [0.3, 0.4) is 0 Å². The van der Waals surface area contributed by atoms with Gasteiger partial charge in [-0.1, -0.05) is 59.8 Å². The third-order valence-corrected chi connectivity index (χ3v) is 5.00. The Morgan fingerprint density at radius 2 is 1.81 bits per heavy atom. The molecule has 1 N–H and O–H groups in total. The second kappa shape index (κ2) is 6.61. The Labute approximate surface area is 157 Å². The molecule has 5 nitrogen and oxygen atoms in total. The lowest BCUT2D eigenvalue weighted by Crippen LogP contribution is -2.37. The van der Waals surface area contributed by atoms with Crippen molar-refractivity contribution in [3.05, 3.63) is 59.7 Å². The molecule has 0 fully saturated rings. The molecule has 0 radical (unpaired) electrons. The monoisotopic (exact) mass is 364 g/mol. The quantitative estimate of drug-likeness (QED) is 0.681. The Balaban J connectivity index is 1.64. The third-order valence-electron chi connectivity index (χ3n) is 4.09. The van der Waals surface area contributed by atoms with Gasteiger partial charge < -0.3 is 10.1 Å². The highest BCUT2D eigenvalue weighted by Crippen LogP contribution is 2.38. The van der Waals surface area contributed by atoms with Gasteiger partial charge in [0, 0.05) is 17.0 Å². The molecule has 0 bridgehead atoms. The first-order valence-electron chi connectivity index (χ1n) is 8.50. The van der Waals surface area contributed by atoms with Crippen LogP contribution in [0, 0.1) is 6.92 Å². The Morgan fingerprint density at radius 3 is 2.62 bits per heavy atom. The first kappa shape index (κ1) is 16.8. The van der Waals surface area contributed by atoms with E-state index in [0.29, 0.717) is 16.7 Å². The zero-order valence-corrected chi connectivity index (χ0v) is 15.8. The number of nitrogens with one attached hydrogen (secondary N) is 1. The molecular formula is C20H20N4OS. The number of hydrogen-bond acceptors (Lipinski definition) is 6. The number of rotatable bonds is 3. The van der Waals surface area contributed by atoms with Gasteiger partial charge in [0.1, 0.15) is 0 Å². The van der Waals surface area contributed by atoms with Crippen molar-refractivity contribution in [2.75, 3.05) is 5.32 Å². The largest absolute Gasteiger partial charge is 0.450 e. The minimum Gasteiger partial charge on any atom is -0.450 e. The van der Waals surface area contributed by atoms with E-state index in [4.69, 9.17) is 4.74 Å². The van der Waals surface area contributed by atoms with E-state index < -0.39 is 5.72 Å². The van der Waals surface area contributed by atoms with E-state index in [2.05, 4.69) is 51.7 Å². The highest BCUT2D eigenvalue weighted by Gasteiger charge is 2.29. The minimum absolute atomic E-state index is 0.508. The predicted molar refractivity (Wildman–Crippen MR) is 104 cm³/mol. The van der Waals surface area contributed by atoms with E-state index in [9.17, 15) is 0 Å². The van der Waals surface area contributed by atoms with Gasteiger partial charge in [0.2, 0.25) is 11.0 Å². The van der Waals surface area contributed by atoms with Crippen LogP contribution in [0.4, 0.5) is 5.69 Å². The number of nitrogens with zero attached hydrogens (tertiary/aromatic N) is 3. The molecule has 2 aromatic carbocycles. The second-order valence-electron chi connectivity index (χ2n) is 6.81. The van der Waals surface area contributed by atoms with E-state index in [0.717, 1.165) is 17.0 Å². The molecule has 1 aliphatic rings. The molecule has 0 aliphatic carbocycles. The minimum atomic E-state index is -0.587. The van der Waals surface area contributed by atoms with Crippen LogP contribution in [0.1, 0.15) is 25.0 Å². The van der Waals surface area contributed by atoms with Gasteiger partial charge in [0.25, 0.3) is 0 Å². The SMILES string of the molecule is Cc1ccc(CSc2nnc3c(n2)OC(C)(C)Nc2ccccc2-3)cc1. The molecule has 0 atom stereocenters. The average molecular weight is 364 g/mol. The number of para-hydroxylation sites is 1. The molecule has 0 amide bonds. The molecule has 26 heavy (non-hydrogen) atoms. The summed E-state index contributed by atoms with van der Waals surface area (Å²) >= 11 is 1.56. The molecule has 2 heterocycles. The molecular weight excluding hydrogens is 344 g/mol. The van der Waals surface area contributed by atoms with Gasteiger partial charge in [0.05, 0.1) is 0 Å². The van der Waals surface area contributed by atoms with Crippen LogP contribution < -0.4 is 10.1 Å². The number of anilines is 1. The maximum Gasteiger partial charge on any atom is 0.247 e. The highest BCUT2D eigenvalue weighted by molar-refractivity contribution is 7.98. The van der Waals surface area contributed by atoms with Crippen molar-refractivity contribution in [2.45, 2.75) is 37.4 Å². The molecule has 0 saturated carbocycles. The van der Waals surface area contributed by atoms with Crippen molar-refractivity contribution in [3.8, 4) is 17.1 Å². The zero-order chi connectivity index (χ0) is 18.1. The summed E-state index contributed by atoms with van der Waals surface area (Å²) in [6.07, 6.45) is 0. The lowest BCUT2D eigenvalue weighted by molar-refractivity contribution is 0.134.